The monoisotopic (exact) mass is 356 g/mol. The Morgan fingerprint density at radius 2 is 1.84 bits per heavy atom. The van der Waals surface area contributed by atoms with E-state index in [-0.39, 0.29) is 23.7 Å². The molecule has 6 heteroatoms. The predicted molar refractivity (Wildman–Crippen MR) is 99.5 cm³/mol. The molecule has 0 radical (unpaired) electrons. The third kappa shape index (κ3) is 3.68. The average molecular weight is 356 g/mol. The van der Waals surface area contributed by atoms with Crippen LogP contribution in [0.25, 0.3) is 0 Å². The summed E-state index contributed by atoms with van der Waals surface area (Å²) in [5.41, 5.74) is 3.09. The summed E-state index contributed by atoms with van der Waals surface area (Å²) in [6.07, 6.45) is 3.34. The fourth-order valence-corrected chi connectivity index (χ4v) is 3.93. The number of rotatable bonds is 3. The van der Waals surface area contributed by atoms with E-state index in [0.29, 0.717) is 11.6 Å². The summed E-state index contributed by atoms with van der Waals surface area (Å²) in [5, 5.41) is 9.32. The van der Waals surface area contributed by atoms with Gasteiger partial charge < -0.3 is 4.90 Å². The Balaban J connectivity index is 2.06. The molecule has 3 rings (SSSR count). The normalized spacial score (nSPS) is 22.8. The van der Waals surface area contributed by atoms with Gasteiger partial charge in [0.05, 0.1) is 11.4 Å². The number of fused-ring (bicyclic) bond motifs is 1. The van der Waals surface area contributed by atoms with E-state index in [1.807, 2.05) is 26.4 Å². The van der Waals surface area contributed by atoms with Gasteiger partial charge in [-0.1, -0.05) is 49.0 Å². The van der Waals surface area contributed by atoms with Gasteiger partial charge in [-0.15, -0.1) is 5.10 Å². The van der Waals surface area contributed by atoms with Crippen molar-refractivity contribution in [3.8, 4) is 0 Å². The van der Waals surface area contributed by atoms with Gasteiger partial charge in [0.2, 0.25) is 11.1 Å². The fourth-order valence-electron chi connectivity index (χ4n) is 3.61. The van der Waals surface area contributed by atoms with Gasteiger partial charge in [-0.3, -0.25) is 4.79 Å². The topological polar surface area (TPSA) is 59.0 Å². The standard InChI is InChI=1S/C19H24N4OS/c1-12-14(13-8-6-5-7-9-13)10-17-16(20-19(25-4)22-21-17)11-15(12)18(24)23(2)3/h5-9,12,14-15H,10-11H2,1-4H3/t12-,14+,15+/m1/s1. The molecule has 0 N–H and O–H groups in total. The summed E-state index contributed by atoms with van der Waals surface area (Å²) in [4.78, 5) is 19.2. The molecule has 2 aromatic rings. The molecule has 1 amide bonds. The van der Waals surface area contributed by atoms with E-state index in [9.17, 15) is 4.79 Å². The van der Waals surface area contributed by atoms with Crippen molar-refractivity contribution >= 4 is 17.7 Å². The zero-order valence-electron chi connectivity index (χ0n) is 15.1. The lowest BCUT2D eigenvalue weighted by Gasteiger charge is -2.29. The van der Waals surface area contributed by atoms with Crippen LogP contribution >= 0.6 is 11.8 Å². The number of carbonyl (C=O) groups excluding carboxylic acids is 1. The first-order chi connectivity index (χ1) is 12.0. The van der Waals surface area contributed by atoms with Crippen LogP contribution in [0.5, 0.6) is 0 Å². The van der Waals surface area contributed by atoms with Crippen molar-refractivity contribution in [1.82, 2.24) is 20.1 Å². The summed E-state index contributed by atoms with van der Waals surface area (Å²) in [5.74, 6) is 0.483. The van der Waals surface area contributed by atoms with Crippen LogP contribution in [0.2, 0.25) is 0 Å². The lowest BCUT2D eigenvalue weighted by Crippen LogP contribution is -2.36. The van der Waals surface area contributed by atoms with Crippen LogP contribution in [-0.4, -0.2) is 46.3 Å². The van der Waals surface area contributed by atoms with E-state index in [0.717, 1.165) is 17.8 Å². The molecule has 5 nitrogen and oxygen atoms in total. The highest BCUT2D eigenvalue weighted by Crippen LogP contribution is 2.38. The largest absolute Gasteiger partial charge is 0.349 e. The second kappa shape index (κ2) is 7.52. The first-order valence-electron chi connectivity index (χ1n) is 8.53. The van der Waals surface area contributed by atoms with Gasteiger partial charge in [0.25, 0.3) is 0 Å². The van der Waals surface area contributed by atoms with Crippen molar-refractivity contribution in [3.63, 3.8) is 0 Å². The van der Waals surface area contributed by atoms with E-state index < -0.39 is 0 Å². The highest BCUT2D eigenvalue weighted by atomic mass is 32.2. The van der Waals surface area contributed by atoms with Crippen LogP contribution in [-0.2, 0) is 17.6 Å². The van der Waals surface area contributed by atoms with Crippen molar-refractivity contribution < 1.29 is 4.79 Å². The lowest BCUT2D eigenvalue weighted by molar-refractivity contribution is -0.134. The zero-order chi connectivity index (χ0) is 18.0. The van der Waals surface area contributed by atoms with E-state index in [2.05, 4.69) is 46.4 Å². The number of nitrogens with zero attached hydrogens (tertiary/aromatic N) is 4. The number of hydrogen-bond donors (Lipinski definition) is 0. The van der Waals surface area contributed by atoms with Crippen LogP contribution in [0.15, 0.2) is 35.5 Å². The third-order valence-electron chi connectivity index (χ3n) is 5.08. The maximum atomic E-state index is 12.9. The van der Waals surface area contributed by atoms with Crippen LogP contribution in [0.1, 0.15) is 29.8 Å². The van der Waals surface area contributed by atoms with E-state index in [4.69, 9.17) is 0 Å². The fraction of sp³-hybridized carbons (Fsp3) is 0.474. The minimum Gasteiger partial charge on any atom is -0.349 e. The molecule has 1 aromatic carbocycles. The first-order valence-corrected chi connectivity index (χ1v) is 9.76. The predicted octanol–water partition coefficient (Wildman–Crippen LogP) is 2.82. The van der Waals surface area contributed by atoms with Gasteiger partial charge in [-0.25, -0.2) is 4.98 Å². The SMILES string of the molecule is CSc1nnc2c(n1)C[C@H](C(=O)N(C)C)[C@H](C)[C@@H](c1ccccc1)C2. The van der Waals surface area contributed by atoms with Crippen molar-refractivity contribution in [1.29, 1.82) is 0 Å². The van der Waals surface area contributed by atoms with Crippen LogP contribution in [0.3, 0.4) is 0 Å². The molecule has 25 heavy (non-hydrogen) atoms. The molecule has 132 valence electrons. The molecule has 0 unspecified atom stereocenters. The molecular formula is C19H24N4OS. The lowest BCUT2D eigenvalue weighted by atomic mass is 9.77. The Morgan fingerprint density at radius 3 is 2.48 bits per heavy atom. The zero-order valence-corrected chi connectivity index (χ0v) is 16.0. The van der Waals surface area contributed by atoms with Crippen LogP contribution in [0.4, 0.5) is 0 Å². The van der Waals surface area contributed by atoms with Crippen LogP contribution < -0.4 is 0 Å². The summed E-state index contributed by atoms with van der Waals surface area (Å²) in [6.45, 7) is 2.18. The number of carbonyl (C=O) groups is 1. The van der Waals surface area contributed by atoms with E-state index >= 15 is 0 Å². The maximum Gasteiger partial charge on any atom is 0.225 e. The van der Waals surface area contributed by atoms with Gasteiger partial charge in [0, 0.05) is 32.9 Å². The quantitative estimate of drug-likeness (QED) is 0.625. The number of amides is 1. The molecular weight excluding hydrogens is 332 g/mol. The summed E-state index contributed by atoms with van der Waals surface area (Å²) < 4.78 is 0. The van der Waals surface area contributed by atoms with Crippen LogP contribution in [0, 0.1) is 11.8 Å². The van der Waals surface area contributed by atoms with E-state index in [1.165, 1.54) is 17.3 Å². The average Bonchev–Trinajstić information content (AvgIpc) is 2.78. The smallest absolute Gasteiger partial charge is 0.225 e. The number of benzene rings is 1. The highest BCUT2D eigenvalue weighted by Gasteiger charge is 2.37. The Morgan fingerprint density at radius 1 is 1.12 bits per heavy atom. The molecule has 0 bridgehead atoms. The second-order valence-electron chi connectivity index (χ2n) is 6.82. The summed E-state index contributed by atoms with van der Waals surface area (Å²) in [7, 11) is 3.65. The van der Waals surface area contributed by atoms with Crippen molar-refractivity contribution in [2.45, 2.75) is 30.8 Å². The highest BCUT2D eigenvalue weighted by molar-refractivity contribution is 7.98. The van der Waals surface area contributed by atoms with Gasteiger partial charge in [-0.2, -0.15) is 5.10 Å². The van der Waals surface area contributed by atoms with E-state index in [1.54, 1.807) is 4.90 Å². The molecule has 1 aliphatic rings. The molecule has 1 aliphatic carbocycles. The molecule has 0 aliphatic heterocycles. The molecule has 1 heterocycles. The third-order valence-corrected chi connectivity index (χ3v) is 5.62. The molecule has 0 spiro atoms. The van der Waals surface area contributed by atoms with Gasteiger partial charge in [0.1, 0.15) is 0 Å². The van der Waals surface area contributed by atoms with Crippen molar-refractivity contribution in [2.24, 2.45) is 11.8 Å². The Hall–Kier alpha value is -1.95. The van der Waals surface area contributed by atoms with Gasteiger partial charge >= 0.3 is 0 Å². The summed E-state index contributed by atoms with van der Waals surface area (Å²) >= 11 is 1.48. The Kier molecular flexibility index (Phi) is 5.37. The molecule has 0 saturated carbocycles. The number of aromatic nitrogens is 3. The van der Waals surface area contributed by atoms with Crippen molar-refractivity contribution in [2.75, 3.05) is 20.4 Å². The maximum absolute atomic E-state index is 12.9. The van der Waals surface area contributed by atoms with Gasteiger partial charge in [0.15, 0.2) is 0 Å². The minimum absolute atomic E-state index is 0.104. The molecule has 1 aromatic heterocycles. The number of thioether (sulfide) groups is 1. The minimum atomic E-state index is -0.104. The molecule has 0 fully saturated rings. The number of hydrogen-bond acceptors (Lipinski definition) is 5. The second-order valence-corrected chi connectivity index (χ2v) is 7.59. The first kappa shape index (κ1) is 17.9. The van der Waals surface area contributed by atoms with Crippen molar-refractivity contribution in [3.05, 3.63) is 47.3 Å². The molecule has 0 saturated heterocycles. The molecule has 3 atom stereocenters. The Bertz CT molecular complexity index is 750. The van der Waals surface area contributed by atoms with Gasteiger partial charge in [-0.05, 0) is 23.7 Å². The Labute approximate surface area is 153 Å². The summed E-state index contributed by atoms with van der Waals surface area (Å²) in [6, 6.07) is 10.4.